The fraction of sp³-hybridized carbons (Fsp3) is 0.0556. The SMILES string of the molecule is N#Cc1cccc(Cn2cc(NC(=O)C=Cc3ccoc3)cn2)c1. The van der Waals surface area contributed by atoms with Crippen molar-refractivity contribution in [2.45, 2.75) is 6.54 Å². The molecule has 1 aromatic carbocycles. The van der Waals surface area contributed by atoms with Crippen LogP contribution in [0.2, 0.25) is 0 Å². The second-order valence-corrected chi connectivity index (χ2v) is 5.12. The largest absolute Gasteiger partial charge is 0.472 e. The zero-order valence-corrected chi connectivity index (χ0v) is 12.7. The minimum atomic E-state index is -0.248. The van der Waals surface area contributed by atoms with Gasteiger partial charge in [-0.2, -0.15) is 10.4 Å². The number of hydrogen-bond acceptors (Lipinski definition) is 4. The molecule has 0 bridgehead atoms. The van der Waals surface area contributed by atoms with E-state index in [1.165, 1.54) is 6.08 Å². The number of rotatable bonds is 5. The van der Waals surface area contributed by atoms with E-state index in [9.17, 15) is 4.79 Å². The average molecular weight is 318 g/mol. The summed E-state index contributed by atoms with van der Waals surface area (Å²) < 4.78 is 6.63. The molecule has 0 spiro atoms. The fourth-order valence-electron chi connectivity index (χ4n) is 2.17. The van der Waals surface area contributed by atoms with E-state index < -0.39 is 0 Å². The van der Waals surface area contributed by atoms with E-state index in [4.69, 9.17) is 9.68 Å². The lowest BCUT2D eigenvalue weighted by molar-refractivity contribution is -0.111. The van der Waals surface area contributed by atoms with Gasteiger partial charge in [0, 0.05) is 17.8 Å². The smallest absolute Gasteiger partial charge is 0.248 e. The fourth-order valence-corrected chi connectivity index (χ4v) is 2.17. The molecule has 0 aliphatic rings. The van der Waals surface area contributed by atoms with Gasteiger partial charge in [0.1, 0.15) is 0 Å². The van der Waals surface area contributed by atoms with Crippen molar-refractivity contribution in [3.63, 3.8) is 0 Å². The number of furan rings is 1. The van der Waals surface area contributed by atoms with Crippen molar-refractivity contribution < 1.29 is 9.21 Å². The molecule has 0 atom stereocenters. The second-order valence-electron chi connectivity index (χ2n) is 5.12. The Hall–Kier alpha value is -3.59. The minimum Gasteiger partial charge on any atom is -0.472 e. The molecular formula is C18H14N4O2. The first kappa shape index (κ1) is 15.3. The van der Waals surface area contributed by atoms with Gasteiger partial charge in [-0.1, -0.05) is 12.1 Å². The molecule has 0 fully saturated rings. The van der Waals surface area contributed by atoms with Crippen molar-refractivity contribution >= 4 is 17.7 Å². The number of nitrogens with zero attached hydrogens (tertiary/aromatic N) is 3. The van der Waals surface area contributed by atoms with E-state index >= 15 is 0 Å². The van der Waals surface area contributed by atoms with Gasteiger partial charge in [0.05, 0.1) is 42.6 Å². The highest BCUT2D eigenvalue weighted by atomic mass is 16.3. The summed E-state index contributed by atoms with van der Waals surface area (Å²) in [6, 6.07) is 11.2. The Morgan fingerprint density at radius 1 is 1.42 bits per heavy atom. The molecule has 0 unspecified atom stereocenters. The number of nitriles is 1. The average Bonchev–Trinajstić information content (AvgIpc) is 3.25. The number of nitrogens with one attached hydrogen (secondary N) is 1. The van der Waals surface area contributed by atoms with E-state index in [0.29, 0.717) is 17.8 Å². The Morgan fingerprint density at radius 2 is 2.33 bits per heavy atom. The molecule has 0 aliphatic carbocycles. The number of anilines is 1. The molecule has 24 heavy (non-hydrogen) atoms. The summed E-state index contributed by atoms with van der Waals surface area (Å²) in [6.07, 6.45) is 9.51. The Balaban J connectivity index is 1.61. The van der Waals surface area contributed by atoms with Crippen molar-refractivity contribution in [1.29, 1.82) is 5.26 Å². The van der Waals surface area contributed by atoms with Gasteiger partial charge in [0.15, 0.2) is 0 Å². The van der Waals surface area contributed by atoms with Gasteiger partial charge in [0.2, 0.25) is 5.91 Å². The summed E-state index contributed by atoms with van der Waals surface area (Å²) >= 11 is 0. The highest BCUT2D eigenvalue weighted by Gasteiger charge is 2.03. The maximum atomic E-state index is 11.9. The van der Waals surface area contributed by atoms with Crippen LogP contribution in [0.1, 0.15) is 16.7 Å². The van der Waals surface area contributed by atoms with Crippen LogP contribution in [-0.2, 0) is 11.3 Å². The molecule has 1 N–H and O–H groups in total. The van der Waals surface area contributed by atoms with E-state index in [-0.39, 0.29) is 5.91 Å². The predicted molar refractivity (Wildman–Crippen MR) is 88.9 cm³/mol. The summed E-state index contributed by atoms with van der Waals surface area (Å²) in [5.41, 5.74) is 3.00. The molecular weight excluding hydrogens is 304 g/mol. The summed E-state index contributed by atoms with van der Waals surface area (Å²) in [5, 5.41) is 15.9. The molecule has 6 nitrogen and oxygen atoms in total. The van der Waals surface area contributed by atoms with Crippen molar-refractivity contribution in [1.82, 2.24) is 9.78 Å². The lowest BCUT2D eigenvalue weighted by Gasteiger charge is -2.02. The molecule has 3 rings (SSSR count). The van der Waals surface area contributed by atoms with Gasteiger partial charge in [-0.25, -0.2) is 0 Å². The zero-order chi connectivity index (χ0) is 16.8. The summed E-state index contributed by atoms with van der Waals surface area (Å²) in [6.45, 7) is 0.524. The van der Waals surface area contributed by atoms with Crippen LogP contribution in [0.4, 0.5) is 5.69 Å². The highest BCUT2D eigenvalue weighted by Crippen LogP contribution is 2.10. The number of hydrogen-bond donors (Lipinski definition) is 1. The predicted octanol–water partition coefficient (Wildman–Crippen LogP) is 3.05. The third-order valence-electron chi connectivity index (χ3n) is 3.27. The van der Waals surface area contributed by atoms with Crippen LogP contribution in [0.5, 0.6) is 0 Å². The third-order valence-corrected chi connectivity index (χ3v) is 3.27. The monoisotopic (exact) mass is 318 g/mol. The maximum absolute atomic E-state index is 11.9. The number of amides is 1. The lowest BCUT2D eigenvalue weighted by atomic mass is 10.1. The van der Waals surface area contributed by atoms with Crippen LogP contribution in [0.3, 0.4) is 0 Å². The van der Waals surface area contributed by atoms with Crippen LogP contribution in [0, 0.1) is 11.3 Å². The standard InChI is InChI=1S/C18H14N4O2/c19-9-15-2-1-3-16(8-15)11-22-12-17(10-20-22)21-18(23)5-4-14-6-7-24-13-14/h1-8,10,12-13H,11H2,(H,21,23). The van der Waals surface area contributed by atoms with Crippen LogP contribution >= 0.6 is 0 Å². The van der Waals surface area contributed by atoms with E-state index in [1.54, 1.807) is 47.8 Å². The molecule has 1 amide bonds. The quantitative estimate of drug-likeness (QED) is 0.733. The molecule has 0 aliphatic heterocycles. The Bertz CT molecular complexity index is 901. The van der Waals surface area contributed by atoms with E-state index in [2.05, 4.69) is 16.5 Å². The molecule has 2 aromatic heterocycles. The number of benzene rings is 1. The molecule has 118 valence electrons. The zero-order valence-electron chi connectivity index (χ0n) is 12.7. The topological polar surface area (TPSA) is 83.9 Å². The summed E-state index contributed by atoms with van der Waals surface area (Å²) in [4.78, 5) is 11.9. The van der Waals surface area contributed by atoms with Crippen LogP contribution in [0.15, 0.2) is 65.7 Å². The summed E-state index contributed by atoms with van der Waals surface area (Å²) in [7, 11) is 0. The van der Waals surface area contributed by atoms with Gasteiger partial charge < -0.3 is 9.73 Å². The van der Waals surface area contributed by atoms with Gasteiger partial charge >= 0.3 is 0 Å². The Labute approximate surface area is 138 Å². The van der Waals surface area contributed by atoms with Crippen LogP contribution in [0.25, 0.3) is 6.08 Å². The number of carbonyl (C=O) groups excluding carboxylic acids is 1. The first-order chi connectivity index (χ1) is 11.7. The summed E-state index contributed by atoms with van der Waals surface area (Å²) in [5.74, 6) is -0.248. The highest BCUT2D eigenvalue weighted by molar-refractivity contribution is 6.01. The van der Waals surface area contributed by atoms with Gasteiger partial charge in [-0.15, -0.1) is 0 Å². The first-order valence-electron chi connectivity index (χ1n) is 7.26. The lowest BCUT2D eigenvalue weighted by Crippen LogP contribution is -2.07. The molecule has 0 saturated heterocycles. The number of aromatic nitrogens is 2. The van der Waals surface area contributed by atoms with Gasteiger partial charge in [-0.05, 0) is 29.8 Å². The molecule has 2 heterocycles. The molecule has 0 saturated carbocycles. The molecule has 6 heteroatoms. The van der Waals surface area contributed by atoms with Crippen molar-refractivity contribution in [3.8, 4) is 6.07 Å². The second kappa shape index (κ2) is 7.11. The molecule has 0 radical (unpaired) electrons. The normalized spacial score (nSPS) is 10.6. The van der Waals surface area contributed by atoms with Crippen molar-refractivity contribution in [3.05, 3.63) is 78.0 Å². The van der Waals surface area contributed by atoms with Gasteiger partial charge in [0.25, 0.3) is 0 Å². The Morgan fingerprint density at radius 3 is 3.12 bits per heavy atom. The minimum absolute atomic E-state index is 0.248. The van der Waals surface area contributed by atoms with Gasteiger partial charge in [-0.3, -0.25) is 9.48 Å². The van der Waals surface area contributed by atoms with Crippen LogP contribution < -0.4 is 5.32 Å². The number of carbonyl (C=O) groups is 1. The van der Waals surface area contributed by atoms with E-state index in [1.807, 2.05) is 18.2 Å². The van der Waals surface area contributed by atoms with Crippen molar-refractivity contribution in [2.75, 3.05) is 5.32 Å². The first-order valence-corrected chi connectivity index (χ1v) is 7.26. The maximum Gasteiger partial charge on any atom is 0.248 e. The molecule has 3 aromatic rings. The third kappa shape index (κ3) is 3.99. The van der Waals surface area contributed by atoms with Crippen LogP contribution in [-0.4, -0.2) is 15.7 Å². The Kier molecular flexibility index (Phi) is 4.54. The van der Waals surface area contributed by atoms with Crippen molar-refractivity contribution in [2.24, 2.45) is 0 Å². The van der Waals surface area contributed by atoms with E-state index in [0.717, 1.165) is 11.1 Å².